The molecule has 0 fully saturated rings. The SMILES string of the molecule is Cn1ccnc1SCC(O)CCl. The smallest absolute Gasteiger partial charge is 0.167 e. The Kier molecular flexibility index (Phi) is 3.91. The summed E-state index contributed by atoms with van der Waals surface area (Å²) >= 11 is 6.95. The van der Waals surface area contributed by atoms with Gasteiger partial charge in [0.2, 0.25) is 0 Å². The predicted octanol–water partition coefficient (Wildman–Crippen LogP) is 1.11. The zero-order chi connectivity index (χ0) is 8.97. The summed E-state index contributed by atoms with van der Waals surface area (Å²) in [6.45, 7) is 0. The van der Waals surface area contributed by atoms with Crippen molar-refractivity contribution in [3.63, 3.8) is 0 Å². The topological polar surface area (TPSA) is 38.0 Å². The second-order valence-corrected chi connectivity index (χ2v) is 3.74. The van der Waals surface area contributed by atoms with Crippen LogP contribution in [0, 0.1) is 0 Å². The number of aliphatic hydroxyl groups is 1. The van der Waals surface area contributed by atoms with Gasteiger partial charge in [0, 0.05) is 31.1 Å². The van der Waals surface area contributed by atoms with E-state index in [4.69, 9.17) is 16.7 Å². The Morgan fingerprint density at radius 1 is 1.83 bits per heavy atom. The summed E-state index contributed by atoms with van der Waals surface area (Å²) in [7, 11) is 1.92. The third-order valence-electron chi connectivity index (χ3n) is 1.36. The van der Waals surface area contributed by atoms with E-state index in [0.717, 1.165) is 5.16 Å². The molecule has 1 aromatic heterocycles. The normalized spacial score (nSPS) is 13.2. The van der Waals surface area contributed by atoms with E-state index in [1.54, 1.807) is 6.20 Å². The number of nitrogens with zero attached hydrogens (tertiary/aromatic N) is 2. The second-order valence-electron chi connectivity index (χ2n) is 2.44. The molecule has 1 N–H and O–H groups in total. The molecule has 0 aliphatic rings. The van der Waals surface area contributed by atoms with Crippen molar-refractivity contribution in [3.05, 3.63) is 12.4 Å². The predicted molar refractivity (Wildman–Crippen MR) is 50.7 cm³/mol. The van der Waals surface area contributed by atoms with Crippen molar-refractivity contribution in [1.29, 1.82) is 0 Å². The summed E-state index contributed by atoms with van der Waals surface area (Å²) in [5.41, 5.74) is 0. The molecule has 0 spiro atoms. The van der Waals surface area contributed by atoms with Crippen molar-refractivity contribution in [2.24, 2.45) is 7.05 Å². The van der Waals surface area contributed by atoms with Crippen LogP contribution in [0.15, 0.2) is 17.6 Å². The zero-order valence-corrected chi connectivity index (χ0v) is 8.35. The quantitative estimate of drug-likeness (QED) is 0.593. The summed E-state index contributed by atoms with van der Waals surface area (Å²) < 4.78 is 1.91. The van der Waals surface area contributed by atoms with E-state index >= 15 is 0 Å². The van der Waals surface area contributed by atoms with Crippen molar-refractivity contribution in [2.45, 2.75) is 11.3 Å². The van der Waals surface area contributed by atoms with Crippen LogP contribution in [0.2, 0.25) is 0 Å². The van der Waals surface area contributed by atoms with Crippen LogP contribution in [0.25, 0.3) is 0 Å². The van der Waals surface area contributed by atoms with Crippen LogP contribution in [0.1, 0.15) is 0 Å². The van der Waals surface area contributed by atoms with Crippen molar-refractivity contribution in [3.8, 4) is 0 Å². The fourth-order valence-electron chi connectivity index (χ4n) is 0.706. The van der Waals surface area contributed by atoms with E-state index in [2.05, 4.69) is 4.98 Å². The first kappa shape index (κ1) is 9.89. The maximum absolute atomic E-state index is 9.16. The number of aromatic nitrogens is 2. The van der Waals surface area contributed by atoms with Gasteiger partial charge in [0.25, 0.3) is 0 Å². The Morgan fingerprint density at radius 3 is 3.08 bits per heavy atom. The van der Waals surface area contributed by atoms with Gasteiger partial charge in [-0.15, -0.1) is 11.6 Å². The number of aryl methyl sites for hydroxylation is 1. The third kappa shape index (κ3) is 2.69. The molecule has 1 rings (SSSR count). The Balaban J connectivity index is 2.38. The minimum absolute atomic E-state index is 0.275. The highest BCUT2D eigenvalue weighted by atomic mass is 35.5. The van der Waals surface area contributed by atoms with Gasteiger partial charge in [0.05, 0.1) is 6.10 Å². The molecule has 1 aromatic rings. The number of halogens is 1. The molecule has 1 heterocycles. The number of rotatable bonds is 4. The van der Waals surface area contributed by atoms with Crippen LogP contribution >= 0.6 is 23.4 Å². The van der Waals surface area contributed by atoms with Crippen LogP contribution in [0.4, 0.5) is 0 Å². The van der Waals surface area contributed by atoms with Gasteiger partial charge < -0.3 is 9.67 Å². The molecule has 0 aromatic carbocycles. The molecule has 0 saturated carbocycles. The first-order chi connectivity index (χ1) is 5.74. The summed E-state index contributed by atoms with van der Waals surface area (Å²) in [4.78, 5) is 4.09. The fraction of sp³-hybridized carbons (Fsp3) is 0.571. The molecule has 12 heavy (non-hydrogen) atoms. The van der Waals surface area contributed by atoms with Crippen molar-refractivity contribution >= 4 is 23.4 Å². The first-order valence-electron chi connectivity index (χ1n) is 3.58. The van der Waals surface area contributed by atoms with E-state index in [9.17, 15) is 0 Å². The molecular weight excluding hydrogens is 196 g/mol. The van der Waals surface area contributed by atoms with Crippen molar-refractivity contribution in [2.75, 3.05) is 11.6 Å². The zero-order valence-electron chi connectivity index (χ0n) is 6.77. The lowest BCUT2D eigenvalue weighted by Crippen LogP contribution is -2.11. The van der Waals surface area contributed by atoms with Crippen LogP contribution < -0.4 is 0 Å². The molecule has 0 saturated heterocycles. The Bertz CT molecular complexity index is 241. The van der Waals surface area contributed by atoms with E-state index < -0.39 is 6.10 Å². The molecule has 0 amide bonds. The summed E-state index contributed by atoms with van der Waals surface area (Å²) in [5.74, 6) is 0.867. The lowest BCUT2D eigenvalue weighted by atomic mass is 10.5. The number of imidazole rings is 1. The van der Waals surface area contributed by atoms with Gasteiger partial charge in [0.1, 0.15) is 0 Å². The molecule has 3 nitrogen and oxygen atoms in total. The minimum atomic E-state index is -0.451. The number of alkyl halides is 1. The number of hydrogen-bond acceptors (Lipinski definition) is 3. The Morgan fingerprint density at radius 2 is 2.58 bits per heavy atom. The summed E-state index contributed by atoms with van der Waals surface area (Å²) in [5, 5.41) is 10.1. The van der Waals surface area contributed by atoms with Gasteiger partial charge in [-0.25, -0.2) is 4.98 Å². The Labute approximate surface area is 80.8 Å². The largest absolute Gasteiger partial charge is 0.391 e. The number of thioether (sulfide) groups is 1. The minimum Gasteiger partial charge on any atom is -0.391 e. The standard InChI is InChI=1S/C7H11ClN2OS/c1-10-3-2-9-7(10)12-5-6(11)4-8/h2-3,6,11H,4-5H2,1H3. The average molecular weight is 207 g/mol. The highest BCUT2D eigenvalue weighted by Gasteiger charge is 2.05. The Hall–Kier alpha value is -0.190. The van der Waals surface area contributed by atoms with Gasteiger partial charge in [0.15, 0.2) is 5.16 Å². The van der Waals surface area contributed by atoms with E-state index in [1.807, 2.05) is 17.8 Å². The van der Waals surface area contributed by atoms with Crippen LogP contribution in [0.3, 0.4) is 0 Å². The third-order valence-corrected chi connectivity index (χ3v) is 2.92. The molecule has 0 radical (unpaired) electrons. The van der Waals surface area contributed by atoms with Crippen molar-refractivity contribution in [1.82, 2.24) is 9.55 Å². The van der Waals surface area contributed by atoms with Crippen molar-refractivity contribution < 1.29 is 5.11 Å². The molecule has 5 heteroatoms. The molecular formula is C7H11ClN2OS. The maximum Gasteiger partial charge on any atom is 0.167 e. The molecule has 1 atom stereocenters. The average Bonchev–Trinajstić information content (AvgIpc) is 2.47. The second kappa shape index (κ2) is 4.74. The summed E-state index contributed by atoms with van der Waals surface area (Å²) in [6.07, 6.45) is 3.15. The first-order valence-corrected chi connectivity index (χ1v) is 5.10. The molecule has 68 valence electrons. The maximum atomic E-state index is 9.16. The molecule has 1 unspecified atom stereocenters. The molecule has 0 aliphatic heterocycles. The van der Waals surface area contributed by atoms with E-state index in [-0.39, 0.29) is 5.88 Å². The van der Waals surface area contributed by atoms with Crippen LogP contribution in [0.5, 0.6) is 0 Å². The molecule has 0 aliphatic carbocycles. The van der Waals surface area contributed by atoms with Crippen LogP contribution in [-0.2, 0) is 7.05 Å². The number of hydrogen-bond donors (Lipinski definition) is 1. The van der Waals surface area contributed by atoms with E-state index in [1.165, 1.54) is 11.8 Å². The molecule has 0 bridgehead atoms. The highest BCUT2D eigenvalue weighted by Crippen LogP contribution is 2.15. The highest BCUT2D eigenvalue weighted by molar-refractivity contribution is 7.99. The fourth-order valence-corrected chi connectivity index (χ4v) is 1.80. The van der Waals surface area contributed by atoms with E-state index in [0.29, 0.717) is 5.75 Å². The van der Waals surface area contributed by atoms with Gasteiger partial charge in [-0.1, -0.05) is 11.8 Å². The number of aliphatic hydroxyl groups excluding tert-OH is 1. The summed E-state index contributed by atoms with van der Waals surface area (Å²) in [6, 6.07) is 0. The lowest BCUT2D eigenvalue weighted by Gasteiger charge is -2.05. The van der Waals surface area contributed by atoms with Gasteiger partial charge in [-0.05, 0) is 0 Å². The van der Waals surface area contributed by atoms with Gasteiger partial charge in [-0.3, -0.25) is 0 Å². The lowest BCUT2D eigenvalue weighted by molar-refractivity contribution is 0.223. The van der Waals surface area contributed by atoms with Gasteiger partial charge in [-0.2, -0.15) is 0 Å². The van der Waals surface area contributed by atoms with Gasteiger partial charge >= 0.3 is 0 Å². The monoisotopic (exact) mass is 206 g/mol. The van der Waals surface area contributed by atoms with Crippen LogP contribution in [-0.4, -0.2) is 32.4 Å².